The van der Waals surface area contributed by atoms with Crippen LogP contribution in [0.25, 0.3) is 0 Å². The van der Waals surface area contributed by atoms with Gasteiger partial charge in [-0.25, -0.2) is 12.8 Å². The van der Waals surface area contributed by atoms with Crippen molar-refractivity contribution in [3.8, 4) is 0 Å². The highest BCUT2D eigenvalue weighted by Gasteiger charge is 2.46. The zero-order valence-electron chi connectivity index (χ0n) is 9.64. The fourth-order valence-electron chi connectivity index (χ4n) is 1.46. The van der Waals surface area contributed by atoms with E-state index in [0.29, 0.717) is 0 Å². The smallest absolute Gasteiger partial charge is 0.315 e. The molecule has 2 N–H and O–H groups in total. The van der Waals surface area contributed by atoms with Crippen LogP contribution in [0.15, 0.2) is 23.9 Å². The Morgan fingerprint density at radius 2 is 2.21 bits per heavy atom. The average Bonchev–Trinajstić information content (AvgIpc) is 2.28. The molecule has 0 fully saturated rings. The summed E-state index contributed by atoms with van der Waals surface area (Å²) >= 11 is 5.47. The van der Waals surface area contributed by atoms with Gasteiger partial charge in [-0.05, 0) is 12.5 Å². The number of rotatable bonds is 6. The molecule has 0 amide bonds. The van der Waals surface area contributed by atoms with Crippen LogP contribution in [0, 0.1) is 5.92 Å². The first-order valence-electron chi connectivity index (χ1n) is 5.27. The maximum atomic E-state index is 14.2. The Hall–Kier alpha value is -1.15. The molecule has 1 aliphatic rings. The molecule has 2 atom stereocenters. The third-order valence-corrected chi connectivity index (χ3v) is 4.19. The molecule has 0 heterocycles. The highest BCUT2D eigenvalue weighted by atomic mass is 35.5. The summed E-state index contributed by atoms with van der Waals surface area (Å²) in [4.78, 5) is 10.8. The SMILES string of the molecule is O=C(O)C1C=CC=C(NS(=O)(=O)CCCF)C1(F)Cl. The van der Waals surface area contributed by atoms with Crippen LogP contribution in [0.2, 0.25) is 0 Å². The van der Waals surface area contributed by atoms with Gasteiger partial charge in [-0.1, -0.05) is 23.8 Å². The molecule has 0 radical (unpaired) electrons. The second kappa shape index (κ2) is 5.87. The van der Waals surface area contributed by atoms with Crippen LogP contribution in [0.3, 0.4) is 0 Å². The minimum atomic E-state index is -3.97. The zero-order valence-corrected chi connectivity index (χ0v) is 11.2. The van der Waals surface area contributed by atoms with Crippen molar-refractivity contribution in [1.29, 1.82) is 0 Å². The Morgan fingerprint density at radius 1 is 1.58 bits per heavy atom. The van der Waals surface area contributed by atoms with Crippen LogP contribution in [-0.4, -0.2) is 37.0 Å². The highest BCUT2D eigenvalue weighted by Crippen LogP contribution is 2.38. The van der Waals surface area contributed by atoms with Crippen LogP contribution in [0.1, 0.15) is 6.42 Å². The van der Waals surface area contributed by atoms with Crippen molar-refractivity contribution in [2.24, 2.45) is 5.92 Å². The summed E-state index contributed by atoms with van der Waals surface area (Å²) in [5, 5.41) is 5.90. The number of allylic oxidation sites excluding steroid dienone is 3. The largest absolute Gasteiger partial charge is 0.481 e. The Bertz CT molecular complexity index is 516. The molecule has 9 heteroatoms. The predicted octanol–water partition coefficient (Wildman–Crippen LogP) is 1.32. The number of sulfonamides is 1. The predicted molar refractivity (Wildman–Crippen MR) is 65.6 cm³/mol. The van der Waals surface area contributed by atoms with Gasteiger partial charge in [0.1, 0.15) is 5.92 Å². The lowest BCUT2D eigenvalue weighted by Crippen LogP contribution is -2.43. The molecule has 1 aliphatic carbocycles. The lowest BCUT2D eigenvalue weighted by molar-refractivity contribution is -0.142. The maximum Gasteiger partial charge on any atom is 0.315 e. The fraction of sp³-hybridized carbons (Fsp3) is 0.500. The average molecular weight is 316 g/mol. The van der Waals surface area contributed by atoms with Crippen molar-refractivity contribution >= 4 is 27.6 Å². The van der Waals surface area contributed by atoms with Crippen LogP contribution in [0.4, 0.5) is 8.78 Å². The van der Waals surface area contributed by atoms with E-state index in [1.165, 1.54) is 6.08 Å². The molecule has 2 unspecified atom stereocenters. The molecule has 0 bridgehead atoms. The lowest BCUT2D eigenvalue weighted by Gasteiger charge is -2.28. The number of hydrogen-bond acceptors (Lipinski definition) is 3. The molecule has 0 aromatic heterocycles. The van der Waals surface area contributed by atoms with Crippen molar-refractivity contribution in [3.63, 3.8) is 0 Å². The molecule has 19 heavy (non-hydrogen) atoms. The van der Waals surface area contributed by atoms with Gasteiger partial charge >= 0.3 is 5.97 Å². The molecule has 0 saturated heterocycles. The summed E-state index contributed by atoms with van der Waals surface area (Å²) < 4.78 is 51.0. The molecule has 1 rings (SSSR count). The van der Waals surface area contributed by atoms with Crippen LogP contribution in [0.5, 0.6) is 0 Å². The van der Waals surface area contributed by atoms with Gasteiger partial charge in [-0.2, -0.15) is 0 Å². The first-order chi connectivity index (χ1) is 8.70. The van der Waals surface area contributed by atoms with E-state index in [4.69, 9.17) is 16.7 Å². The molecule has 0 aromatic rings. The summed E-state index contributed by atoms with van der Waals surface area (Å²) in [7, 11) is -3.97. The second-order valence-corrected chi connectivity index (χ2v) is 6.26. The number of carboxylic acid groups (broad SMARTS) is 1. The summed E-state index contributed by atoms with van der Waals surface area (Å²) in [6.45, 7) is -0.834. The number of carboxylic acids is 1. The monoisotopic (exact) mass is 315 g/mol. The van der Waals surface area contributed by atoms with Crippen LogP contribution < -0.4 is 4.72 Å². The zero-order chi connectivity index (χ0) is 14.7. The van der Waals surface area contributed by atoms with Gasteiger partial charge in [0, 0.05) is 0 Å². The highest BCUT2D eigenvalue weighted by molar-refractivity contribution is 7.89. The lowest BCUT2D eigenvalue weighted by atomic mass is 9.96. The number of aliphatic carboxylic acids is 1. The Morgan fingerprint density at radius 3 is 2.74 bits per heavy atom. The quantitative estimate of drug-likeness (QED) is 0.724. The van der Waals surface area contributed by atoms with Crippen molar-refractivity contribution in [1.82, 2.24) is 4.72 Å². The number of nitrogens with one attached hydrogen (secondary N) is 1. The van der Waals surface area contributed by atoms with E-state index in [1.807, 2.05) is 4.72 Å². The van der Waals surface area contributed by atoms with E-state index < -0.39 is 45.2 Å². The number of halogens is 3. The van der Waals surface area contributed by atoms with Gasteiger partial charge < -0.3 is 5.11 Å². The summed E-state index contributed by atoms with van der Waals surface area (Å²) in [5.74, 6) is -3.78. The Balaban J connectivity index is 2.92. The minimum Gasteiger partial charge on any atom is -0.481 e. The molecular weight excluding hydrogens is 304 g/mol. The molecule has 0 spiro atoms. The van der Waals surface area contributed by atoms with E-state index in [-0.39, 0.29) is 6.42 Å². The summed E-state index contributed by atoms with van der Waals surface area (Å²) in [6.07, 6.45) is 2.97. The number of carbonyl (C=O) groups is 1. The van der Waals surface area contributed by atoms with E-state index in [2.05, 4.69) is 0 Å². The first kappa shape index (κ1) is 15.9. The van der Waals surface area contributed by atoms with Crippen LogP contribution in [-0.2, 0) is 14.8 Å². The van der Waals surface area contributed by atoms with Crippen molar-refractivity contribution < 1.29 is 27.1 Å². The number of hydrogen-bond donors (Lipinski definition) is 2. The standard InChI is InChI=1S/C10H12ClF2NO4S/c11-10(13)7(9(15)16)3-1-4-8(10)14-19(17,18)6-2-5-12/h1,3-4,7,14H,2,5-6H2,(H,15,16). The first-order valence-corrected chi connectivity index (χ1v) is 7.30. The van der Waals surface area contributed by atoms with Gasteiger partial charge in [0.2, 0.25) is 15.2 Å². The van der Waals surface area contributed by atoms with Crippen molar-refractivity contribution in [2.45, 2.75) is 11.5 Å². The molecule has 108 valence electrons. The van der Waals surface area contributed by atoms with E-state index in [1.54, 1.807) is 0 Å². The maximum absolute atomic E-state index is 14.2. The van der Waals surface area contributed by atoms with Gasteiger partial charge in [-0.15, -0.1) is 0 Å². The van der Waals surface area contributed by atoms with E-state index in [9.17, 15) is 22.0 Å². The van der Waals surface area contributed by atoms with Crippen molar-refractivity contribution in [2.75, 3.05) is 12.4 Å². The summed E-state index contributed by atoms with van der Waals surface area (Å²) in [6, 6.07) is 0. The Kier molecular flexibility index (Phi) is 4.92. The van der Waals surface area contributed by atoms with Gasteiger partial charge in [0.25, 0.3) is 0 Å². The topological polar surface area (TPSA) is 83.5 Å². The van der Waals surface area contributed by atoms with Crippen molar-refractivity contribution in [3.05, 3.63) is 23.9 Å². The number of alkyl halides is 3. The van der Waals surface area contributed by atoms with E-state index >= 15 is 0 Å². The molecule has 5 nitrogen and oxygen atoms in total. The molecular formula is C10H12ClF2NO4S. The van der Waals surface area contributed by atoms with Gasteiger partial charge in [0.15, 0.2) is 0 Å². The third kappa shape index (κ3) is 3.90. The molecule has 0 aliphatic heterocycles. The van der Waals surface area contributed by atoms with Crippen LogP contribution >= 0.6 is 11.6 Å². The minimum absolute atomic E-state index is 0.248. The molecule has 0 saturated carbocycles. The second-order valence-electron chi connectivity index (χ2n) is 3.87. The normalized spacial score (nSPS) is 26.9. The van der Waals surface area contributed by atoms with Gasteiger partial charge in [-0.3, -0.25) is 13.9 Å². The van der Waals surface area contributed by atoms with Gasteiger partial charge in [0.05, 0.1) is 18.1 Å². The Labute approximate surface area is 114 Å². The third-order valence-electron chi connectivity index (χ3n) is 2.39. The summed E-state index contributed by atoms with van der Waals surface area (Å²) in [5.41, 5.74) is -0.595. The molecule has 0 aromatic carbocycles. The van der Waals surface area contributed by atoms with E-state index in [0.717, 1.165) is 12.2 Å². The fourth-order valence-corrected chi connectivity index (χ4v) is 2.94.